The minimum absolute atomic E-state index is 0.0601. The van der Waals surface area contributed by atoms with Gasteiger partial charge in [0.15, 0.2) is 0 Å². The highest BCUT2D eigenvalue weighted by Crippen LogP contribution is 2.30. The number of amides is 2. The standard InChI is InChI=1S/C19H27N3O6S/c1-20-19(24)22-9-7-13(8-10-22)12-28-16-6-3-14(18(23)27-2)11-17(16)29(25,26)21-15-4-5-15/h3,6,11,13,15,21H,4-5,7-10,12H2,1-2H3,(H,20,24). The van der Waals surface area contributed by atoms with E-state index in [0.29, 0.717) is 19.7 Å². The van der Waals surface area contributed by atoms with Gasteiger partial charge in [-0.3, -0.25) is 0 Å². The van der Waals surface area contributed by atoms with Gasteiger partial charge in [0.1, 0.15) is 10.6 Å². The number of piperidine rings is 1. The van der Waals surface area contributed by atoms with Gasteiger partial charge in [-0.15, -0.1) is 0 Å². The summed E-state index contributed by atoms with van der Waals surface area (Å²) in [5.74, 6) is -0.191. The third-order valence-corrected chi connectivity index (χ3v) is 6.69. The number of ether oxygens (including phenoxy) is 2. The Kier molecular flexibility index (Phi) is 6.63. The van der Waals surface area contributed by atoms with Gasteiger partial charge in [-0.25, -0.2) is 22.7 Å². The summed E-state index contributed by atoms with van der Waals surface area (Å²) in [5.41, 5.74) is 0.148. The van der Waals surface area contributed by atoms with Crippen LogP contribution in [0.4, 0.5) is 4.79 Å². The van der Waals surface area contributed by atoms with Crippen molar-refractivity contribution in [3.05, 3.63) is 23.8 Å². The Bertz CT molecular complexity index is 861. The van der Waals surface area contributed by atoms with E-state index in [-0.39, 0.29) is 34.2 Å². The summed E-state index contributed by atoms with van der Waals surface area (Å²) in [6, 6.07) is 4.12. The molecule has 0 bridgehead atoms. The van der Waals surface area contributed by atoms with Crippen molar-refractivity contribution in [2.75, 3.05) is 33.9 Å². The first-order valence-electron chi connectivity index (χ1n) is 9.68. The average molecular weight is 426 g/mol. The third-order valence-electron chi connectivity index (χ3n) is 5.14. The van der Waals surface area contributed by atoms with Gasteiger partial charge in [0.05, 0.1) is 19.3 Å². The van der Waals surface area contributed by atoms with Crippen LogP contribution in [-0.4, -0.2) is 65.2 Å². The monoisotopic (exact) mass is 425 g/mol. The molecule has 2 aliphatic rings. The first-order valence-corrected chi connectivity index (χ1v) is 11.2. The van der Waals surface area contributed by atoms with Crippen molar-refractivity contribution in [1.82, 2.24) is 14.9 Å². The van der Waals surface area contributed by atoms with Gasteiger partial charge in [0.25, 0.3) is 0 Å². The number of nitrogens with zero attached hydrogens (tertiary/aromatic N) is 1. The molecule has 1 aliphatic heterocycles. The molecule has 2 N–H and O–H groups in total. The SMILES string of the molecule is CNC(=O)N1CCC(COc2ccc(C(=O)OC)cc2S(=O)(=O)NC2CC2)CC1. The van der Waals surface area contributed by atoms with Crippen LogP contribution in [0.25, 0.3) is 0 Å². The van der Waals surface area contributed by atoms with Crippen LogP contribution in [-0.2, 0) is 14.8 Å². The van der Waals surface area contributed by atoms with Crippen LogP contribution in [0.2, 0.25) is 0 Å². The second-order valence-corrected chi connectivity index (χ2v) is 9.03. The highest BCUT2D eigenvalue weighted by atomic mass is 32.2. The summed E-state index contributed by atoms with van der Waals surface area (Å²) in [6.07, 6.45) is 3.15. The molecule has 29 heavy (non-hydrogen) atoms. The molecule has 1 saturated carbocycles. The van der Waals surface area contributed by atoms with E-state index in [0.717, 1.165) is 25.7 Å². The second-order valence-electron chi connectivity index (χ2n) is 7.35. The number of urea groups is 1. The molecule has 160 valence electrons. The van der Waals surface area contributed by atoms with Crippen molar-refractivity contribution in [2.24, 2.45) is 5.92 Å². The largest absolute Gasteiger partial charge is 0.492 e. The fourth-order valence-corrected chi connectivity index (χ4v) is 4.71. The number of benzene rings is 1. The fraction of sp³-hybridized carbons (Fsp3) is 0.579. The van der Waals surface area contributed by atoms with Gasteiger partial charge in [0.2, 0.25) is 10.0 Å². The lowest BCUT2D eigenvalue weighted by Gasteiger charge is -2.31. The summed E-state index contributed by atoms with van der Waals surface area (Å²) in [7, 11) is -0.963. The molecule has 1 aliphatic carbocycles. The van der Waals surface area contributed by atoms with Gasteiger partial charge >= 0.3 is 12.0 Å². The molecular formula is C19H27N3O6S. The van der Waals surface area contributed by atoms with Gasteiger partial charge in [-0.1, -0.05) is 0 Å². The average Bonchev–Trinajstić information content (AvgIpc) is 3.54. The maximum absolute atomic E-state index is 12.8. The van der Waals surface area contributed by atoms with E-state index >= 15 is 0 Å². The fourth-order valence-electron chi connectivity index (χ4n) is 3.23. The Labute approximate surface area is 170 Å². The highest BCUT2D eigenvalue weighted by molar-refractivity contribution is 7.89. The number of rotatable bonds is 7. The summed E-state index contributed by atoms with van der Waals surface area (Å²) in [4.78, 5) is 25.2. The van der Waals surface area contributed by atoms with E-state index in [1.54, 1.807) is 11.9 Å². The Hall–Kier alpha value is -2.33. The maximum Gasteiger partial charge on any atom is 0.337 e. The molecule has 0 spiro atoms. The van der Waals surface area contributed by atoms with E-state index in [1.165, 1.54) is 25.3 Å². The van der Waals surface area contributed by atoms with Crippen molar-refractivity contribution >= 4 is 22.0 Å². The van der Waals surface area contributed by atoms with Crippen LogP contribution in [0.5, 0.6) is 5.75 Å². The van der Waals surface area contributed by atoms with E-state index in [2.05, 4.69) is 10.0 Å². The maximum atomic E-state index is 12.8. The van der Waals surface area contributed by atoms with Crippen LogP contribution >= 0.6 is 0 Å². The Morgan fingerprint density at radius 3 is 2.45 bits per heavy atom. The molecule has 9 nitrogen and oxygen atoms in total. The second kappa shape index (κ2) is 9.00. The number of sulfonamides is 1. The minimum atomic E-state index is -3.81. The van der Waals surface area contributed by atoms with Crippen molar-refractivity contribution in [1.29, 1.82) is 0 Å². The molecule has 0 atom stereocenters. The summed E-state index contributed by atoms with van der Waals surface area (Å²) < 4.78 is 38.7. The zero-order chi connectivity index (χ0) is 21.0. The number of methoxy groups -OCH3 is 1. The van der Waals surface area contributed by atoms with Gasteiger partial charge in [-0.2, -0.15) is 0 Å². The zero-order valence-corrected chi connectivity index (χ0v) is 17.5. The molecule has 10 heteroatoms. The van der Waals surface area contributed by atoms with Crippen LogP contribution in [0.15, 0.2) is 23.1 Å². The molecule has 0 aromatic heterocycles. The predicted molar refractivity (Wildman–Crippen MR) is 105 cm³/mol. The van der Waals surface area contributed by atoms with Crippen molar-refractivity contribution in [2.45, 2.75) is 36.6 Å². The molecule has 3 rings (SSSR count). The number of nitrogens with one attached hydrogen (secondary N) is 2. The topological polar surface area (TPSA) is 114 Å². The lowest BCUT2D eigenvalue weighted by Crippen LogP contribution is -2.43. The number of hydrogen-bond donors (Lipinski definition) is 2. The smallest absolute Gasteiger partial charge is 0.337 e. The summed E-state index contributed by atoms with van der Waals surface area (Å²) in [6.45, 7) is 1.60. The lowest BCUT2D eigenvalue weighted by molar-refractivity contribution is 0.0600. The van der Waals surface area contributed by atoms with Gasteiger partial charge in [0, 0.05) is 26.2 Å². The van der Waals surface area contributed by atoms with Crippen molar-refractivity contribution in [3.63, 3.8) is 0 Å². The molecule has 2 fully saturated rings. The molecule has 0 radical (unpaired) electrons. The van der Waals surface area contributed by atoms with Gasteiger partial charge in [-0.05, 0) is 49.8 Å². The van der Waals surface area contributed by atoms with Crippen molar-refractivity contribution < 1.29 is 27.5 Å². The summed E-state index contributed by atoms with van der Waals surface area (Å²) >= 11 is 0. The van der Waals surface area contributed by atoms with E-state index in [9.17, 15) is 18.0 Å². The number of carbonyl (C=O) groups excluding carboxylic acids is 2. The third kappa shape index (κ3) is 5.39. The molecule has 0 unspecified atom stereocenters. The Morgan fingerprint density at radius 1 is 1.17 bits per heavy atom. The lowest BCUT2D eigenvalue weighted by atomic mass is 9.98. The number of likely N-dealkylation sites (tertiary alicyclic amines) is 1. The molecule has 1 heterocycles. The first kappa shape index (κ1) is 21.4. The number of carbonyl (C=O) groups is 2. The van der Waals surface area contributed by atoms with Crippen LogP contribution < -0.4 is 14.8 Å². The van der Waals surface area contributed by atoms with E-state index in [4.69, 9.17) is 9.47 Å². The number of hydrogen-bond acceptors (Lipinski definition) is 6. The zero-order valence-electron chi connectivity index (χ0n) is 16.6. The molecule has 2 amide bonds. The van der Waals surface area contributed by atoms with E-state index in [1.807, 2.05) is 0 Å². The normalized spacial score (nSPS) is 17.7. The Morgan fingerprint density at radius 2 is 1.86 bits per heavy atom. The van der Waals surface area contributed by atoms with Crippen LogP contribution in [0.1, 0.15) is 36.0 Å². The quantitative estimate of drug-likeness (QED) is 0.638. The molecule has 1 aromatic rings. The Balaban J connectivity index is 1.71. The van der Waals surface area contributed by atoms with Gasteiger partial charge < -0.3 is 19.7 Å². The number of esters is 1. The first-order chi connectivity index (χ1) is 13.8. The molecule has 1 aromatic carbocycles. The molecule has 1 saturated heterocycles. The highest BCUT2D eigenvalue weighted by Gasteiger charge is 2.31. The van der Waals surface area contributed by atoms with Crippen LogP contribution in [0, 0.1) is 5.92 Å². The minimum Gasteiger partial charge on any atom is -0.492 e. The summed E-state index contributed by atoms with van der Waals surface area (Å²) in [5, 5.41) is 2.62. The van der Waals surface area contributed by atoms with E-state index < -0.39 is 16.0 Å². The predicted octanol–water partition coefficient (Wildman–Crippen LogP) is 1.34. The van der Waals surface area contributed by atoms with Crippen LogP contribution in [0.3, 0.4) is 0 Å². The molecular weight excluding hydrogens is 398 g/mol. The van der Waals surface area contributed by atoms with Crippen molar-refractivity contribution in [3.8, 4) is 5.75 Å².